The molecular weight excluding hydrogens is 458 g/mol. The molecule has 3 aromatic rings. The molecule has 0 aliphatic heterocycles. The number of nitro benzene ring substituents is 1. The third-order valence-corrected chi connectivity index (χ3v) is 5.11. The highest BCUT2D eigenvalue weighted by molar-refractivity contribution is 6.31. The van der Waals surface area contributed by atoms with Gasteiger partial charge in [-0.05, 0) is 81.8 Å². The lowest BCUT2D eigenvalue weighted by Gasteiger charge is -2.19. The molecule has 34 heavy (non-hydrogen) atoms. The summed E-state index contributed by atoms with van der Waals surface area (Å²) in [7, 11) is 0. The van der Waals surface area contributed by atoms with Crippen molar-refractivity contribution < 1.29 is 24.0 Å². The Bertz CT molecular complexity index is 1250. The molecule has 0 unspecified atom stereocenters. The second-order valence-electron chi connectivity index (χ2n) is 8.70. The first-order valence-electron chi connectivity index (χ1n) is 10.5. The first kappa shape index (κ1) is 24.9. The fourth-order valence-electron chi connectivity index (χ4n) is 3.18. The molecule has 0 atom stereocenters. The summed E-state index contributed by atoms with van der Waals surface area (Å²) in [5.41, 5.74) is 1.22. The van der Waals surface area contributed by atoms with E-state index in [2.05, 4.69) is 0 Å². The number of ketones is 1. The van der Waals surface area contributed by atoms with Crippen LogP contribution in [0, 0.1) is 17.0 Å². The van der Waals surface area contributed by atoms with E-state index in [1.54, 1.807) is 63.2 Å². The van der Waals surface area contributed by atoms with Crippen molar-refractivity contribution in [2.24, 2.45) is 0 Å². The average Bonchev–Trinajstić information content (AvgIpc) is 2.78. The molecule has 0 saturated heterocycles. The van der Waals surface area contributed by atoms with E-state index in [1.165, 1.54) is 18.2 Å². The number of nitrogens with zero attached hydrogens (tertiary/aromatic N) is 1. The second-order valence-corrected chi connectivity index (χ2v) is 9.14. The minimum absolute atomic E-state index is 0.0875. The maximum absolute atomic E-state index is 12.8. The number of nitro groups is 1. The summed E-state index contributed by atoms with van der Waals surface area (Å²) in [5.74, 6) is -0.372. The summed E-state index contributed by atoms with van der Waals surface area (Å²) in [6, 6.07) is 15.7. The van der Waals surface area contributed by atoms with Gasteiger partial charge in [0.1, 0.15) is 18.0 Å². The summed E-state index contributed by atoms with van der Waals surface area (Å²) in [4.78, 5) is 36.0. The molecule has 8 heteroatoms. The van der Waals surface area contributed by atoms with Crippen molar-refractivity contribution in [3.63, 3.8) is 0 Å². The van der Waals surface area contributed by atoms with Crippen molar-refractivity contribution in [1.29, 1.82) is 0 Å². The largest absolute Gasteiger partial charge is 0.489 e. The summed E-state index contributed by atoms with van der Waals surface area (Å²) in [5, 5.41) is 12.0. The molecule has 0 aromatic heterocycles. The Morgan fingerprint density at radius 2 is 1.62 bits per heavy atom. The number of benzene rings is 3. The Labute approximate surface area is 202 Å². The average molecular weight is 482 g/mol. The predicted octanol–water partition coefficient (Wildman–Crippen LogP) is 6.32. The van der Waals surface area contributed by atoms with Gasteiger partial charge in [0.2, 0.25) is 0 Å². The van der Waals surface area contributed by atoms with Crippen molar-refractivity contribution >= 4 is 29.0 Å². The maximum atomic E-state index is 12.8. The molecule has 3 aromatic carbocycles. The van der Waals surface area contributed by atoms with Crippen LogP contribution in [0.15, 0.2) is 60.7 Å². The molecule has 0 aliphatic rings. The van der Waals surface area contributed by atoms with Gasteiger partial charge in [-0.2, -0.15) is 0 Å². The van der Waals surface area contributed by atoms with Crippen molar-refractivity contribution in [3.05, 3.63) is 104 Å². The molecule has 0 bridgehead atoms. The Kier molecular flexibility index (Phi) is 7.37. The van der Waals surface area contributed by atoms with Gasteiger partial charge in [-0.3, -0.25) is 14.9 Å². The molecule has 176 valence electrons. The second kappa shape index (κ2) is 10.1. The summed E-state index contributed by atoms with van der Waals surface area (Å²) in [6.45, 7) is 6.90. The minimum atomic E-state index is -0.716. The zero-order valence-corrected chi connectivity index (χ0v) is 20.0. The highest BCUT2D eigenvalue weighted by atomic mass is 35.5. The topological polar surface area (TPSA) is 95.7 Å². The molecule has 3 rings (SSSR count). The molecule has 0 spiro atoms. The van der Waals surface area contributed by atoms with Crippen LogP contribution in [0.2, 0.25) is 5.02 Å². The van der Waals surface area contributed by atoms with Crippen molar-refractivity contribution in [2.45, 2.75) is 39.9 Å². The zero-order chi connectivity index (χ0) is 25.0. The quantitative estimate of drug-likeness (QED) is 0.169. The molecule has 0 fully saturated rings. The van der Waals surface area contributed by atoms with E-state index < -0.39 is 16.5 Å². The molecule has 7 nitrogen and oxygen atoms in total. The van der Waals surface area contributed by atoms with Gasteiger partial charge in [0, 0.05) is 22.2 Å². The summed E-state index contributed by atoms with van der Waals surface area (Å²) < 4.78 is 11.0. The fraction of sp³-hybridized carbons (Fsp3) is 0.231. The lowest BCUT2D eigenvalue weighted by atomic mass is 9.99. The molecule has 0 N–H and O–H groups in total. The van der Waals surface area contributed by atoms with Crippen LogP contribution in [0.3, 0.4) is 0 Å². The van der Waals surface area contributed by atoms with Crippen LogP contribution in [0.5, 0.6) is 5.75 Å². The van der Waals surface area contributed by atoms with Gasteiger partial charge in [-0.25, -0.2) is 4.79 Å². The molecule has 0 amide bonds. The Morgan fingerprint density at radius 3 is 2.24 bits per heavy atom. The van der Waals surface area contributed by atoms with Gasteiger partial charge >= 0.3 is 5.97 Å². The van der Waals surface area contributed by atoms with Crippen LogP contribution >= 0.6 is 11.6 Å². The normalized spacial score (nSPS) is 11.1. The highest BCUT2D eigenvalue weighted by Crippen LogP contribution is 2.25. The Morgan fingerprint density at radius 1 is 0.971 bits per heavy atom. The van der Waals surface area contributed by atoms with Crippen molar-refractivity contribution in [3.8, 4) is 5.75 Å². The van der Waals surface area contributed by atoms with Crippen molar-refractivity contribution in [2.75, 3.05) is 0 Å². The molecular formula is C26H24ClNO6. The number of halogens is 1. The van der Waals surface area contributed by atoms with Gasteiger partial charge in [0.05, 0.1) is 16.1 Å². The number of hydrogen-bond acceptors (Lipinski definition) is 6. The Balaban J connectivity index is 1.73. The zero-order valence-electron chi connectivity index (χ0n) is 19.3. The minimum Gasteiger partial charge on any atom is -0.489 e. The van der Waals surface area contributed by atoms with E-state index in [0.29, 0.717) is 27.5 Å². The van der Waals surface area contributed by atoms with Crippen LogP contribution in [0.25, 0.3) is 0 Å². The third-order valence-electron chi connectivity index (χ3n) is 4.87. The summed E-state index contributed by atoms with van der Waals surface area (Å²) >= 11 is 6.02. The monoisotopic (exact) mass is 481 g/mol. The smallest absolute Gasteiger partial charge is 0.338 e. The van der Waals surface area contributed by atoms with E-state index in [-0.39, 0.29) is 23.6 Å². The van der Waals surface area contributed by atoms with Crippen molar-refractivity contribution in [1.82, 2.24) is 0 Å². The Hall–Kier alpha value is -3.71. The number of esters is 1. The standard InChI is InChI=1S/C26H24ClNO6/c1-16-5-10-20(27)14-22(16)24(29)17-8-11-21(12-9-17)33-15-19-7-6-18(13-23(19)28(31)32)25(30)34-26(2,3)4/h5-14H,15H2,1-4H3. The van der Waals surface area contributed by atoms with Crippen LogP contribution in [-0.4, -0.2) is 22.3 Å². The lowest BCUT2D eigenvalue weighted by Crippen LogP contribution is -2.24. The van der Waals surface area contributed by atoms with Crippen LogP contribution < -0.4 is 4.74 Å². The first-order valence-corrected chi connectivity index (χ1v) is 10.9. The highest BCUT2D eigenvalue weighted by Gasteiger charge is 2.22. The predicted molar refractivity (Wildman–Crippen MR) is 129 cm³/mol. The molecule has 0 saturated carbocycles. The van der Waals surface area contributed by atoms with E-state index in [4.69, 9.17) is 21.1 Å². The van der Waals surface area contributed by atoms with E-state index in [1.807, 2.05) is 6.92 Å². The SMILES string of the molecule is Cc1ccc(Cl)cc1C(=O)c1ccc(OCc2ccc(C(=O)OC(C)(C)C)cc2[N+](=O)[O-])cc1. The van der Waals surface area contributed by atoms with E-state index in [9.17, 15) is 19.7 Å². The van der Waals surface area contributed by atoms with E-state index >= 15 is 0 Å². The maximum Gasteiger partial charge on any atom is 0.338 e. The number of carbonyl (C=O) groups is 2. The molecule has 0 heterocycles. The van der Waals surface area contributed by atoms with E-state index in [0.717, 1.165) is 5.56 Å². The lowest BCUT2D eigenvalue weighted by molar-refractivity contribution is -0.385. The van der Waals surface area contributed by atoms with Gasteiger partial charge in [0.25, 0.3) is 5.69 Å². The molecule has 0 aliphatic carbocycles. The molecule has 0 radical (unpaired) electrons. The van der Waals surface area contributed by atoms with Gasteiger partial charge in [-0.15, -0.1) is 0 Å². The third kappa shape index (κ3) is 6.20. The first-order chi connectivity index (χ1) is 15.9. The number of hydrogen-bond donors (Lipinski definition) is 0. The number of rotatable bonds is 7. The number of ether oxygens (including phenoxy) is 2. The van der Waals surface area contributed by atoms with Crippen LogP contribution in [-0.2, 0) is 11.3 Å². The number of aryl methyl sites for hydroxylation is 1. The fourth-order valence-corrected chi connectivity index (χ4v) is 3.35. The summed E-state index contributed by atoms with van der Waals surface area (Å²) in [6.07, 6.45) is 0. The number of carbonyl (C=O) groups excluding carboxylic acids is 2. The van der Waals surface area contributed by atoms with Gasteiger partial charge < -0.3 is 9.47 Å². The van der Waals surface area contributed by atoms with Crippen LogP contribution in [0.4, 0.5) is 5.69 Å². The van der Waals surface area contributed by atoms with Gasteiger partial charge in [0.15, 0.2) is 5.78 Å². The van der Waals surface area contributed by atoms with Crippen LogP contribution in [0.1, 0.15) is 58.2 Å². The van der Waals surface area contributed by atoms with Gasteiger partial charge in [-0.1, -0.05) is 17.7 Å².